The number of rotatable bonds is 5. The van der Waals surface area contributed by atoms with E-state index in [0.29, 0.717) is 24.5 Å². The van der Waals surface area contributed by atoms with E-state index in [1.54, 1.807) is 24.3 Å². The van der Waals surface area contributed by atoms with Gasteiger partial charge in [0.25, 0.3) is 5.91 Å². The van der Waals surface area contributed by atoms with Crippen LogP contribution in [0.2, 0.25) is 0 Å². The average molecular weight is 343 g/mol. The van der Waals surface area contributed by atoms with Crippen molar-refractivity contribution in [3.63, 3.8) is 0 Å². The summed E-state index contributed by atoms with van der Waals surface area (Å²) >= 11 is 0. The highest BCUT2D eigenvalue weighted by Crippen LogP contribution is 2.31. The van der Waals surface area contributed by atoms with Crippen LogP contribution in [0.1, 0.15) is 48.9 Å². The lowest BCUT2D eigenvalue weighted by Crippen LogP contribution is -2.54. The summed E-state index contributed by atoms with van der Waals surface area (Å²) in [5, 5.41) is 0. The molecule has 2 atom stereocenters. The summed E-state index contributed by atoms with van der Waals surface area (Å²) in [5.41, 5.74) is 0.673. The fourth-order valence-corrected chi connectivity index (χ4v) is 3.89. The summed E-state index contributed by atoms with van der Waals surface area (Å²) in [5.74, 6) is 1.10. The van der Waals surface area contributed by atoms with E-state index in [1.807, 2.05) is 4.90 Å². The van der Waals surface area contributed by atoms with Crippen LogP contribution in [0.25, 0.3) is 0 Å². The lowest BCUT2D eigenvalue weighted by molar-refractivity contribution is -0.122. The van der Waals surface area contributed by atoms with Gasteiger partial charge in [-0.1, -0.05) is 12.8 Å². The standard InChI is InChI=1S/C20H25NO4/c22-18(14-5-6-14)13-25-16-9-7-15(8-10-16)20(23)21-11-12-24-19-4-2-1-3-17(19)21/h7-10,14,17,19H,1-6,11-13H2/t17-,19-/m1/s1. The van der Waals surface area contributed by atoms with Gasteiger partial charge >= 0.3 is 0 Å². The Labute approximate surface area is 148 Å². The minimum Gasteiger partial charge on any atom is -0.486 e. The minimum atomic E-state index is 0.0702. The maximum absolute atomic E-state index is 12.9. The number of hydrogen-bond acceptors (Lipinski definition) is 4. The van der Waals surface area contributed by atoms with Gasteiger partial charge in [0.15, 0.2) is 5.78 Å². The van der Waals surface area contributed by atoms with Crippen molar-refractivity contribution in [3.05, 3.63) is 29.8 Å². The molecule has 2 saturated carbocycles. The Morgan fingerprint density at radius 1 is 1.08 bits per heavy atom. The van der Waals surface area contributed by atoms with Gasteiger partial charge in [0, 0.05) is 18.0 Å². The first-order valence-electron chi connectivity index (χ1n) is 9.40. The van der Waals surface area contributed by atoms with E-state index >= 15 is 0 Å². The van der Waals surface area contributed by atoms with Crippen LogP contribution in [0.15, 0.2) is 24.3 Å². The molecule has 25 heavy (non-hydrogen) atoms. The van der Waals surface area contributed by atoms with E-state index in [9.17, 15) is 9.59 Å². The molecule has 0 N–H and O–H groups in total. The van der Waals surface area contributed by atoms with Crippen LogP contribution in [0.3, 0.4) is 0 Å². The molecule has 5 nitrogen and oxygen atoms in total. The van der Waals surface area contributed by atoms with Crippen molar-refractivity contribution in [3.8, 4) is 5.75 Å². The largest absolute Gasteiger partial charge is 0.486 e. The number of amides is 1. The second-order valence-corrected chi connectivity index (χ2v) is 7.31. The highest BCUT2D eigenvalue weighted by molar-refractivity contribution is 5.94. The van der Waals surface area contributed by atoms with Crippen molar-refractivity contribution >= 4 is 11.7 Å². The van der Waals surface area contributed by atoms with Crippen molar-refractivity contribution in [2.75, 3.05) is 19.8 Å². The van der Waals surface area contributed by atoms with Gasteiger partial charge in [0.05, 0.1) is 18.8 Å². The Morgan fingerprint density at radius 2 is 1.84 bits per heavy atom. The van der Waals surface area contributed by atoms with E-state index in [2.05, 4.69) is 0 Å². The van der Waals surface area contributed by atoms with E-state index in [-0.39, 0.29) is 36.4 Å². The third-order valence-corrected chi connectivity index (χ3v) is 5.51. The number of carbonyl (C=O) groups excluding carboxylic acids is 2. The van der Waals surface area contributed by atoms with Crippen molar-refractivity contribution in [1.82, 2.24) is 4.90 Å². The molecule has 0 unspecified atom stereocenters. The predicted octanol–water partition coefficient (Wildman–Crippen LogP) is 2.83. The quantitative estimate of drug-likeness (QED) is 0.825. The summed E-state index contributed by atoms with van der Waals surface area (Å²) in [6, 6.07) is 7.37. The van der Waals surface area contributed by atoms with Crippen LogP contribution < -0.4 is 4.74 Å². The number of benzene rings is 1. The molecule has 0 radical (unpaired) electrons. The van der Waals surface area contributed by atoms with Gasteiger partial charge in [-0.25, -0.2) is 0 Å². The molecule has 1 aliphatic heterocycles. The highest BCUT2D eigenvalue weighted by Gasteiger charge is 2.37. The zero-order valence-electron chi connectivity index (χ0n) is 14.5. The summed E-state index contributed by atoms with van der Waals surface area (Å²) < 4.78 is 11.4. The molecule has 1 aromatic carbocycles. The Hall–Kier alpha value is -1.88. The molecule has 3 aliphatic rings. The van der Waals surface area contributed by atoms with Gasteiger partial charge in [-0.15, -0.1) is 0 Å². The minimum absolute atomic E-state index is 0.0702. The van der Waals surface area contributed by atoms with E-state index < -0.39 is 0 Å². The molecule has 2 aliphatic carbocycles. The number of carbonyl (C=O) groups is 2. The van der Waals surface area contributed by atoms with Crippen LogP contribution >= 0.6 is 0 Å². The fourth-order valence-electron chi connectivity index (χ4n) is 3.89. The van der Waals surface area contributed by atoms with Crippen LogP contribution in [-0.4, -0.2) is 48.5 Å². The number of nitrogens with zero attached hydrogens (tertiary/aromatic N) is 1. The Bertz CT molecular complexity index is 636. The topological polar surface area (TPSA) is 55.8 Å². The number of ketones is 1. The fraction of sp³-hybridized carbons (Fsp3) is 0.600. The van der Waals surface area contributed by atoms with Crippen LogP contribution in [0.5, 0.6) is 5.75 Å². The normalized spacial score (nSPS) is 26.0. The van der Waals surface area contributed by atoms with Crippen LogP contribution in [-0.2, 0) is 9.53 Å². The predicted molar refractivity (Wildman–Crippen MR) is 92.7 cm³/mol. The third kappa shape index (κ3) is 3.71. The molecule has 3 fully saturated rings. The first-order valence-corrected chi connectivity index (χ1v) is 9.40. The lowest BCUT2D eigenvalue weighted by atomic mass is 9.89. The Morgan fingerprint density at radius 3 is 2.60 bits per heavy atom. The second-order valence-electron chi connectivity index (χ2n) is 7.31. The summed E-state index contributed by atoms with van der Waals surface area (Å²) in [4.78, 5) is 26.6. The lowest BCUT2D eigenvalue weighted by Gasteiger charge is -2.43. The zero-order chi connectivity index (χ0) is 17.2. The number of morpholine rings is 1. The van der Waals surface area contributed by atoms with Crippen molar-refractivity contribution in [2.24, 2.45) is 5.92 Å². The highest BCUT2D eigenvalue weighted by atomic mass is 16.5. The molecule has 4 rings (SSSR count). The smallest absolute Gasteiger partial charge is 0.254 e. The molecule has 0 spiro atoms. The maximum Gasteiger partial charge on any atom is 0.254 e. The molecule has 1 amide bonds. The number of ether oxygens (including phenoxy) is 2. The first-order chi connectivity index (χ1) is 12.2. The van der Waals surface area contributed by atoms with Crippen molar-refractivity contribution < 1.29 is 19.1 Å². The van der Waals surface area contributed by atoms with E-state index in [1.165, 1.54) is 6.42 Å². The second kappa shape index (κ2) is 7.16. The Balaban J connectivity index is 1.38. The maximum atomic E-state index is 12.9. The van der Waals surface area contributed by atoms with Gasteiger partial charge in [-0.05, 0) is 49.9 Å². The molecular weight excluding hydrogens is 318 g/mol. The molecule has 0 bridgehead atoms. The molecule has 1 heterocycles. The van der Waals surface area contributed by atoms with Gasteiger partial charge < -0.3 is 14.4 Å². The van der Waals surface area contributed by atoms with Gasteiger partial charge in [-0.3, -0.25) is 9.59 Å². The monoisotopic (exact) mass is 343 g/mol. The van der Waals surface area contributed by atoms with Crippen LogP contribution in [0.4, 0.5) is 0 Å². The molecule has 134 valence electrons. The first kappa shape index (κ1) is 16.6. The third-order valence-electron chi connectivity index (χ3n) is 5.51. The molecule has 1 aromatic rings. The number of fused-ring (bicyclic) bond motifs is 1. The van der Waals surface area contributed by atoms with E-state index in [4.69, 9.17) is 9.47 Å². The SMILES string of the molecule is O=C(COc1ccc(C(=O)N2CCO[C@@H]3CCCC[C@H]32)cc1)C1CC1. The molecule has 0 aromatic heterocycles. The molecule has 1 saturated heterocycles. The van der Waals surface area contributed by atoms with Gasteiger partial charge in [0.1, 0.15) is 12.4 Å². The van der Waals surface area contributed by atoms with Gasteiger partial charge in [0.2, 0.25) is 0 Å². The van der Waals surface area contributed by atoms with Gasteiger partial charge in [-0.2, -0.15) is 0 Å². The molecular formula is C20H25NO4. The average Bonchev–Trinajstić information content (AvgIpc) is 3.51. The summed E-state index contributed by atoms with van der Waals surface area (Å²) in [6.45, 7) is 1.41. The van der Waals surface area contributed by atoms with Crippen LogP contribution in [0, 0.1) is 5.92 Å². The summed E-state index contributed by atoms with van der Waals surface area (Å²) in [6.07, 6.45) is 6.62. The summed E-state index contributed by atoms with van der Waals surface area (Å²) in [7, 11) is 0. The zero-order valence-corrected chi connectivity index (χ0v) is 14.5. The van der Waals surface area contributed by atoms with Crippen molar-refractivity contribution in [2.45, 2.75) is 50.7 Å². The number of Topliss-reactive ketones (excluding diaryl/α,β-unsaturated/α-hetero) is 1. The van der Waals surface area contributed by atoms with E-state index in [0.717, 1.165) is 32.1 Å². The van der Waals surface area contributed by atoms with Crippen molar-refractivity contribution in [1.29, 1.82) is 0 Å². The molecule has 5 heteroatoms. The Kier molecular flexibility index (Phi) is 4.75. The number of hydrogen-bond donors (Lipinski definition) is 0.